The summed E-state index contributed by atoms with van der Waals surface area (Å²) >= 11 is 0. The van der Waals surface area contributed by atoms with E-state index in [1.807, 2.05) is 13.8 Å². The molecule has 0 saturated carbocycles. The van der Waals surface area contributed by atoms with Crippen molar-refractivity contribution in [3.05, 3.63) is 58.1 Å². The molecule has 0 atom stereocenters. The molecule has 0 aromatic heterocycles. The summed E-state index contributed by atoms with van der Waals surface area (Å²) in [5.41, 5.74) is 0.701. The predicted molar refractivity (Wildman–Crippen MR) is 88.0 cm³/mol. The fourth-order valence-corrected chi connectivity index (χ4v) is 2.66. The molecule has 0 aliphatic heterocycles. The van der Waals surface area contributed by atoms with Gasteiger partial charge in [-0.1, -0.05) is 19.9 Å². The lowest BCUT2D eigenvalue weighted by Gasteiger charge is -2.14. The second-order valence-electron chi connectivity index (χ2n) is 5.70. The molecule has 7 nitrogen and oxygen atoms in total. The standard InChI is InChI=1S/C16H17NO6S/c1-11(2)9-12-3-8-15(24(20,21)22)10-16(12)23-14-6-4-13(5-7-14)17(18)19/h3-8,10-11H,9H2,1-2H3,(H,20,21,22). The largest absolute Gasteiger partial charge is 0.457 e. The van der Waals surface area contributed by atoms with Crippen molar-refractivity contribution >= 4 is 15.8 Å². The van der Waals surface area contributed by atoms with Gasteiger partial charge in [0.15, 0.2) is 0 Å². The number of non-ortho nitro benzene ring substituents is 1. The monoisotopic (exact) mass is 351 g/mol. The van der Waals surface area contributed by atoms with Crippen LogP contribution in [0.15, 0.2) is 47.4 Å². The van der Waals surface area contributed by atoms with Crippen molar-refractivity contribution in [3.63, 3.8) is 0 Å². The van der Waals surface area contributed by atoms with E-state index in [-0.39, 0.29) is 16.3 Å². The first-order chi connectivity index (χ1) is 11.2. The van der Waals surface area contributed by atoms with Crippen LogP contribution in [0.3, 0.4) is 0 Å². The van der Waals surface area contributed by atoms with Gasteiger partial charge >= 0.3 is 0 Å². The first-order valence-electron chi connectivity index (χ1n) is 7.19. The Hall–Kier alpha value is -2.45. The summed E-state index contributed by atoms with van der Waals surface area (Å²) in [5, 5.41) is 10.7. The topological polar surface area (TPSA) is 107 Å². The van der Waals surface area contributed by atoms with Crippen LogP contribution in [0.4, 0.5) is 5.69 Å². The van der Waals surface area contributed by atoms with Crippen molar-refractivity contribution < 1.29 is 22.6 Å². The van der Waals surface area contributed by atoms with E-state index in [1.165, 1.54) is 36.4 Å². The maximum absolute atomic E-state index is 11.3. The number of hydrogen-bond acceptors (Lipinski definition) is 5. The zero-order valence-corrected chi connectivity index (χ0v) is 14.0. The Morgan fingerprint density at radius 3 is 2.29 bits per heavy atom. The highest BCUT2D eigenvalue weighted by Crippen LogP contribution is 2.30. The van der Waals surface area contributed by atoms with E-state index in [9.17, 15) is 23.1 Å². The summed E-state index contributed by atoms with van der Waals surface area (Å²) in [6, 6.07) is 9.59. The Kier molecular flexibility index (Phi) is 5.20. The van der Waals surface area contributed by atoms with E-state index in [0.29, 0.717) is 18.1 Å². The van der Waals surface area contributed by atoms with Crippen LogP contribution in [-0.4, -0.2) is 17.9 Å². The second kappa shape index (κ2) is 6.98. The van der Waals surface area contributed by atoms with Gasteiger partial charge in [-0.15, -0.1) is 0 Å². The average Bonchev–Trinajstić information content (AvgIpc) is 2.48. The quantitative estimate of drug-likeness (QED) is 0.481. The molecule has 0 saturated heterocycles. The Morgan fingerprint density at radius 2 is 1.79 bits per heavy atom. The van der Waals surface area contributed by atoms with Crippen LogP contribution in [-0.2, 0) is 16.5 Å². The molecular weight excluding hydrogens is 334 g/mol. The highest BCUT2D eigenvalue weighted by atomic mass is 32.2. The van der Waals surface area contributed by atoms with Crippen molar-refractivity contribution in [2.24, 2.45) is 5.92 Å². The maximum Gasteiger partial charge on any atom is 0.294 e. The van der Waals surface area contributed by atoms with Crippen LogP contribution < -0.4 is 4.74 Å². The third-order valence-electron chi connectivity index (χ3n) is 3.24. The third kappa shape index (κ3) is 4.53. The van der Waals surface area contributed by atoms with Gasteiger partial charge in [0, 0.05) is 18.2 Å². The highest BCUT2D eigenvalue weighted by molar-refractivity contribution is 7.85. The summed E-state index contributed by atoms with van der Waals surface area (Å²) in [6.07, 6.45) is 0.647. The lowest BCUT2D eigenvalue weighted by Crippen LogP contribution is -2.02. The Bertz CT molecular complexity index is 843. The molecule has 128 valence electrons. The van der Waals surface area contributed by atoms with Gasteiger partial charge in [0.05, 0.1) is 9.82 Å². The molecule has 2 rings (SSSR count). The van der Waals surface area contributed by atoms with Crippen LogP contribution in [0.1, 0.15) is 19.4 Å². The Morgan fingerprint density at radius 1 is 1.17 bits per heavy atom. The fourth-order valence-electron chi connectivity index (χ4n) is 2.16. The van der Waals surface area contributed by atoms with Crippen molar-refractivity contribution in [2.45, 2.75) is 25.2 Å². The van der Waals surface area contributed by atoms with Gasteiger partial charge in [0.2, 0.25) is 0 Å². The van der Waals surface area contributed by atoms with Crippen LogP contribution in [0.2, 0.25) is 0 Å². The normalized spacial score (nSPS) is 11.5. The summed E-state index contributed by atoms with van der Waals surface area (Å²) in [6.45, 7) is 4.01. The minimum absolute atomic E-state index is 0.0727. The van der Waals surface area contributed by atoms with Gasteiger partial charge in [-0.25, -0.2) is 0 Å². The minimum atomic E-state index is -4.35. The maximum atomic E-state index is 11.3. The number of ether oxygens (including phenoxy) is 1. The molecule has 0 unspecified atom stereocenters. The molecule has 0 bridgehead atoms. The number of nitro benzene ring substituents is 1. The number of rotatable bonds is 6. The van der Waals surface area contributed by atoms with Gasteiger partial charge in [0.25, 0.3) is 15.8 Å². The molecule has 1 N–H and O–H groups in total. The Balaban J connectivity index is 2.39. The van der Waals surface area contributed by atoms with E-state index in [1.54, 1.807) is 6.07 Å². The minimum Gasteiger partial charge on any atom is -0.457 e. The average molecular weight is 351 g/mol. The van der Waals surface area contributed by atoms with Crippen molar-refractivity contribution in [3.8, 4) is 11.5 Å². The molecule has 0 radical (unpaired) electrons. The highest BCUT2D eigenvalue weighted by Gasteiger charge is 2.15. The van der Waals surface area contributed by atoms with E-state index in [2.05, 4.69) is 0 Å². The smallest absolute Gasteiger partial charge is 0.294 e. The summed E-state index contributed by atoms with van der Waals surface area (Å²) in [7, 11) is -4.35. The lowest BCUT2D eigenvalue weighted by atomic mass is 10.0. The van der Waals surface area contributed by atoms with Crippen molar-refractivity contribution in [1.29, 1.82) is 0 Å². The molecule has 0 aliphatic carbocycles. The molecule has 2 aromatic rings. The van der Waals surface area contributed by atoms with Gasteiger partial charge in [0.1, 0.15) is 11.5 Å². The first kappa shape index (κ1) is 17.9. The van der Waals surface area contributed by atoms with Gasteiger partial charge in [-0.2, -0.15) is 8.42 Å². The molecular formula is C16H17NO6S. The summed E-state index contributed by atoms with van der Waals surface area (Å²) < 4.78 is 37.5. The molecule has 0 amide bonds. The number of nitrogens with zero attached hydrogens (tertiary/aromatic N) is 1. The van der Waals surface area contributed by atoms with E-state index >= 15 is 0 Å². The van der Waals surface area contributed by atoms with E-state index in [4.69, 9.17) is 4.74 Å². The second-order valence-corrected chi connectivity index (χ2v) is 7.12. The third-order valence-corrected chi connectivity index (χ3v) is 4.09. The number of benzene rings is 2. The van der Waals surface area contributed by atoms with Crippen molar-refractivity contribution in [1.82, 2.24) is 0 Å². The molecule has 0 heterocycles. The molecule has 24 heavy (non-hydrogen) atoms. The van der Waals surface area contributed by atoms with Crippen LogP contribution >= 0.6 is 0 Å². The van der Waals surface area contributed by atoms with Gasteiger partial charge in [-0.05, 0) is 36.1 Å². The van der Waals surface area contributed by atoms with Crippen LogP contribution in [0, 0.1) is 16.0 Å². The fraction of sp³-hybridized carbons (Fsp3) is 0.250. The van der Waals surface area contributed by atoms with E-state index in [0.717, 1.165) is 5.56 Å². The predicted octanol–water partition coefficient (Wildman–Crippen LogP) is 3.83. The zero-order chi connectivity index (χ0) is 17.9. The molecule has 0 fully saturated rings. The molecule has 0 aliphatic rings. The Labute approximate surface area is 139 Å². The number of nitro groups is 1. The molecule has 8 heteroatoms. The molecule has 0 spiro atoms. The molecule has 2 aromatic carbocycles. The van der Waals surface area contributed by atoms with Gasteiger partial charge in [-0.3, -0.25) is 14.7 Å². The SMILES string of the molecule is CC(C)Cc1ccc(S(=O)(=O)O)cc1Oc1ccc([N+](=O)[O-])cc1. The zero-order valence-electron chi connectivity index (χ0n) is 13.2. The summed E-state index contributed by atoms with van der Waals surface area (Å²) in [4.78, 5) is 9.88. The first-order valence-corrected chi connectivity index (χ1v) is 8.63. The van der Waals surface area contributed by atoms with Crippen molar-refractivity contribution in [2.75, 3.05) is 0 Å². The van der Waals surface area contributed by atoms with Crippen LogP contribution in [0.5, 0.6) is 11.5 Å². The summed E-state index contributed by atoms with van der Waals surface area (Å²) in [5.74, 6) is 0.923. The number of hydrogen-bond donors (Lipinski definition) is 1. The van der Waals surface area contributed by atoms with Crippen LogP contribution in [0.25, 0.3) is 0 Å². The van der Waals surface area contributed by atoms with Gasteiger partial charge < -0.3 is 4.74 Å². The van der Waals surface area contributed by atoms with E-state index < -0.39 is 15.0 Å². The lowest BCUT2D eigenvalue weighted by molar-refractivity contribution is -0.384.